The molecule has 0 bridgehead atoms. The van der Waals surface area contributed by atoms with Gasteiger partial charge in [-0.25, -0.2) is 0 Å². The van der Waals surface area contributed by atoms with E-state index in [-0.39, 0.29) is 11.2 Å². The number of carbonyl (C=O) groups excluding carboxylic acids is 1. The minimum atomic E-state index is 0.0330. The van der Waals surface area contributed by atoms with Crippen LogP contribution < -0.4 is 10.1 Å². The highest BCUT2D eigenvalue weighted by molar-refractivity contribution is 6.00. The number of Topliss-reactive ketones (excluding diaryl/α,β-unsaturated/α-hetero) is 1. The van der Waals surface area contributed by atoms with E-state index >= 15 is 0 Å². The summed E-state index contributed by atoms with van der Waals surface area (Å²) in [5, 5.41) is 3.26. The normalized spacial score (nSPS) is 15.4. The molecule has 1 N–H and O–H groups in total. The van der Waals surface area contributed by atoms with E-state index in [1.807, 2.05) is 18.2 Å². The summed E-state index contributed by atoms with van der Waals surface area (Å²) < 4.78 is 5.31. The van der Waals surface area contributed by atoms with Crippen molar-refractivity contribution in [2.45, 2.75) is 45.1 Å². The molecule has 0 saturated heterocycles. The van der Waals surface area contributed by atoms with E-state index in [1.165, 1.54) is 12.8 Å². The lowest BCUT2D eigenvalue weighted by Gasteiger charge is -2.20. The summed E-state index contributed by atoms with van der Waals surface area (Å²) in [6.07, 6.45) is 2.37. The van der Waals surface area contributed by atoms with E-state index in [4.69, 9.17) is 4.74 Å². The highest BCUT2D eigenvalue weighted by Crippen LogP contribution is 2.28. The second-order valence-corrected chi connectivity index (χ2v) is 6.24. The Labute approximate surface area is 115 Å². The first-order chi connectivity index (χ1) is 8.91. The van der Waals surface area contributed by atoms with Crippen molar-refractivity contribution in [1.82, 2.24) is 5.32 Å². The molecule has 0 amide bonds. The van der Waals surface area contributed by atoms with Crippen molar-refractivity contribution in [2.24, 2.45) is 0 Å². The molecular weight excluding hydrogens is 238 g/mol. The molecule has 0 spiro atoms. The molecule has 1 saturated carbocycles. The summed E-state index contributed by atoms with van der Waals surface area (Å²) in [5.41, 5.74) is 1.87. The average Bonchev–Trinajstić information content (AvgIpc) is 3.18. The summed E-state index contributed by atoms with van der Waals surface area (Å²) in [4.78, 5) is 12.3. The van der Waals surface area contributed by atoms with Crippen molar-refractivity contribution in [3.05, 3.63) is 29.3 Å². The van der Waals surface area contributed by atoms with Crippen LogP contribution in [0.5, 0.6) is 5.75 Å². The molecule has 0 heterocycles. The van der Waals surface area contributed by atoms with Crippen LogP contribution in [0.25, 0.3) is 0 Å². The number of rotatable bonds is 5. The van der Waals surface area contributed by atoms with E-state index in [0.29, 0.717) is 23.9 Å². The summed E-state index contributed by atoms with van der Waals surface area (Å²) >= 11 is 0. The van der Waals surface area contributed by atoms with Crippen LogP contribution in [0.1, 0.15) is 49.5 Å². The molecular formula is C16H23NO2. The van der Waals surface area contributed by atoms with E-state index in [1.54, 1.807) is 7.11 Å². The van der Waals surface area contributed by atoms with E-state index in [2.05, 4.69) is 26.1 Å². The molecule has 1 aromatic rings. The molecule has 0 aliphatic heterocycles. The zero-order chi connectivity index (χ0) is 14.0. The van der Waals surface area contributed by atoms with Crippen LogP contribution in [0, 0.1) is 0 Å². The summed E-state index contributed by atoms with van der Waals surface area (Å²) in [7, 11) is 1.61. The van der Waals surface area contributed by atoms with E-state index in [9.17, 15) is 4.79 Å². The second-order valence-electron chi connectivity index (χ2n) is 6.24. The number of nitrogens with one attached hydrogen (secondary N) is 1. The van der Waals surface area contributed by atoms with Crippen LogP contribution in [0.2, 0.25) is 0 Å². The maximum absolute atomic E-state index is 12.3. The van der Waals surface area contributed by atoms with Gasteiger partial charge in [0.2, 0.25) is 0 Å². The van der Waals surface area contributed by atoms with Crippen molar-refractivity contribution in [3.8, 4) is 5.75 Å². The van der Waals surface area contributed by atoms with Gasteiger partial charge in [-0.15, -0.1) is 0 Å². The number of methoxy groups -OCH3 is 1. The molecule has 0 aromatic heterocycles. The molecule has 1 fully saturated rings. The first kappa shape index (κ1) is 14.1. The van der Waals surface area contributed by atoms with Crippen molar-refractivity contribution >= 4 is 5.78 Å². The van der Waals surface area contributed by atoms with Gasteiger partial charge in [0.05, 0.1) is 19.2 Å². The largest absolute Gasteiger partial charge is 0.496 e. The number of carbonyl (C=O) groups is 1. The molecule has 1 aliphatic carbocycles. The Morgan fingerprint density at radius 2 is 2.05 bits per heavy atom. The highest BCUT2D eigenvalue weighted by atomic mass is 16.5. The quantitative estimate of drug-likeness (QED) is 0.828. The average molecular weight is 261 g/mol. The number of ketones is 1. The van der Waals surface area contributed by atoms with Crippen LogP contribution in [-0.2, 0) is 5.41 Å². The molecule has 19 heavy (non-hydrogen) atoms. The predicted octanol–water partition coefficient (Wildman–Crippen LogP) is 2.93. The van der Waals surface area contributed by atoms with Crippen molar-refractivity contribution in [2.75, 3.05) is 13.7 Å². The zero-order valence-electron chi connectivity index (χ0n) is 12.2. The Hall–Kier alpha value is -1.35. The van der Waals surface area contributed by atoms with Crippen LogP contribution in [0.4, 0.5) is 0 Å². The third kappa shape index (κ3) is 3.57. The Bertz CT molecular complexity index is 470. The Kier molecular flexibility index (Phi) is 3.95. The van der Waals surface area contributed by atoms with Gasteiger partial charge in [0.25, 0.3) is 0 Å². The molecule has 0 radical (unpaired) electrons. The fraction of sp³-hybridized carbons (Fsp3) is 0.562. The van der Waals surface area contributed by atoms with Gasteiger partial charge >= 0.3 is 0 Å². The highest BCUT2D eigenvalue weighted by Gasteiger charge is 2.23. The molecule has 1 aliphatic rings. The van der Waals surface area contributed by atoms with Gasteiger partial charge in [0, 0.05) is 6.04 Å². The standard InChI is InChI=1S/C16H23NO2/c1-16(2,3)11-5-8-15(19-4)13(9-11)14(18)10-17-12-6-7-12/h5,8-9,12,17H,6-7,10H2,1-4H3. The zero-order valence-corrected chi connectivity index (χ0v) is 12.2. The minimum Gasteiger partial charge on any atom is -0.496 e. The van der Waals surface area contributed by atoms with Crippen molar-refractivity contribution in [3.63, 3.8) is 0 Å². The monoisotopic (exact) mass is 261 g/mol. The molecule has 0 unspecified atom stereocenters. The minimum absolute atomic E-state index is 0.0330. The maximum Gasteiger partial charge on any atom is 0.180 e. The molecule has 3 nitrogen and oxygen atoms in total. The van der Waals surface area contributed by atoms with Crippen LogP contribution >= 0.6 is 0 Å². The van der Waals surface area contributed by atoms with Gasteiger partial charge in [-0.2, -0.15) is 0 Å². The van der Waals surface area contributed by atoms with E-state index in [0.717, 1.165) is 5.56 Å². The van der Waals surface area contributed by atoms with Crippen LogP contribution in [-0.4, -0.2) is 25.5 Å². The SMILES string of the molecule is COc1ccc(C(C)(C)C)cc1C(=O)CNC1CC1. The van der Waals surface area contributed by atoms with Gasteiger partial charge in [-0.3, -0.25) is 4.79 Å². The van der Waals surface area contributed by atoms with Crippen LogP contribution in [0.15, 0.2) is 18.2 Å². The first-order valence-electron chi connectivity index (χ1n) is 6.87. The number of benzene rings is 1. The summed E-state index contributed by atoms with van der Waals surface area (Å²) in [5.74, 6) is 0.769. The summed E-state index contributed by atoms with van der Waals surface area (Å²) in [6, 6.07) is 6.44. The van der Waals surface area contributed by atoms with Crippen molar-refractivity contribution in [1.29, 1.82) is 0 Å². The van der Waals surface area contributed by atoms with Gasteiger partial charge in [0.1, 0.15) is 5.75 Å². The number of hydrogen-bond acceptors (Lipinski definition) is 3. The summed E-state index contributed by atoms with van der Waals surface area (Å²) in [6.45, 7) is 6.83. The second kappa shape index (κ2) is 5.33. The number of ether oxygens (including phenoxy) is 1. The van der Waals surface area contributed by atoms with Gasteiger partial charge in [-0.05, 0) is 36.0 Å². The Morgan fingerprint density at radius 1 is 1.37 bits per heavy atom. The Balaban J connectivity index is 2.21. The third-order valence-corrected chi connectivity index (χ3v) is 3.49. The smallest absolute Gasteiger partial charge is 0.180 e. The van der Waals surface area contributed by atoms with Gasteiger partial charge in [0.15, 0.2) is 5.78 Å². The fourth-order valence-electron chi connectivity index (χ4n) is 2.01. The van der Waals surface area contributed by atoms with Gasteiger partial charge < -0.3 is 10.1 Å². The Morgan fingerprint density at radius 3 is 2.58 bits per heavy atom. The first-order valence-corrected chi connectivity index (χ1v) is 6.87. The lowest BCUT2D eigenvalue weighted by atomic mass is 9.85. The molecule has 2 rings (SSSR count). The van der Waals surface area contributed by atoms with Crippen molar-refractivity contribution < 1.29 is 9.53 Å². The molecule has 0 atom stereocenters. The molecule has 104 valence electrons. The van der Waals surface area contributed by atoms with Gasteiger partial charge in [-0.1, -0.05) is 26.8 Å². The lowest BCUT2D eigenvalue weighted by Crippen LogP contribution is -2.25. The topological polar surface area (TPSA) is 38.3 Å². The molecule has 3 heteroatoms. The fourth-order valence-corrected chi connectivity index (χ4v) is 2.01. The third-order valence-electron chi connectivity index (χ3n) is 3.49. The predicted molar refractivity (Wildman–Crippen MR) is 77.0 cm³/mol. The van der Waals surface area contributed by atoms with Crippen LogP contribution in [0.3, 0.4) is 0 Å². The lowest BCUT2D eigenvalue weighted by molar-refractivity contribution is 0.0987. The maximum atomic E-state index is 12.3. The van der Waals surface area contributed by atoms with E-state index < -0.39 is 0 Å². The molecule has 1 aromatic carbocycles. The number of hydrogen-bond donors (Lipinski definition) is 1.